The van der Waals surface area contributed by atoms with Gasteiger partial charge >= 0.3 is 0 Å². The molecule has 0 amide bonds. The maximum Gasteiger partial charge on any atom is 0.193 e. The Morgan fingerprint density at radius 1 is 1.28 bits per heavy atom. The van der Waals surface area contributed by atoms with Gasteiger partial charge in [-0.15, -0.1) is 11.3 Å². The van der Waals surface area contributed by atoms with Crippen LogP contribution in [0.15, 0.2) is 34.6 Å². The van der Waals surface area contributed by atoms with Gasteiger partial charge in [0.2, 0.25) is 0 Å². The van der Waals surface area contributed by atoms with Crippen LogP contribution in [0.2, 0.25) is 5.02 Å². The average molecular weight is 378 g/mol. The van der Waals surface area contributed by atoms with Crippen molar-refractivity contribution in [2.75, 3.05) is 44.7 Å². The Labute approximate surface area is 158 Å². The summed E-state index contributed by atoms with van der Waals surface area (Å²) in [6, 6.07) is 8.04. The smallest absolute Gasteiger partial charge is 0.193 e. The molecule has 1 aliphatic heterocycles. The largest absolute Gasteiger partial charge is 0.367 e. The first-order valence-corrected chi connectivity index (χ1v) is 9.79. The maximum absolute atomic E-state index is 6.32. The van der Waals surface area contributed by atoms with Crippen molar-refractivity contribution in [1.82, 2.24) is 15.2 Å². The molecule has 0 bridgehead atoms. The zero-order chi connectivity index (χ0) is 17.6. The van der Waals surface area contributed by atoms with Crippen LogP contribution in [0.5, 0.6) is 0 Å². The number of piperazine rings is 1. The molecule has 2 heterocycles. The van der Waals surface area contributed by atoms with Crippen LogP contribution in [0, 0.1) is 6.92 Å². The van der Waals surface area contributed by atoms with E-state index in [-0.39, 0.29) is 0 Å². The first-order valence-electron chi connectivity index (χ1n) is 8.53. The second-order valence-electron chi connectivity index (χ2n) is 6.01. The highest BCUT2D eigenvalue weighted by molar-refractivity contribution is 7.09. The molecule has 2 aromatic rings. The van der Waals surface area contributed by atoms with Crippen LogP contribution in [0.25, 0.3) is 0 Å². The van der Waals surface area contributed by atoms with E-state index in [0.29, 0.717) is 0 Å². The predicted molar refractivity (Wildman–Crippen MR) is 107 cm³/mol. The van der Waals surface area contributed by atoms with Crippen molar-refractivity contribution >= 4 is 34.6 Å². The molecule has 7 heteroatoms. The Morgan fingerprint density at radius 3 is 2.68 bits per heavy atom. The molecule has 1 N–H and O–H groups in total. The second-order valence-corrected chi connectivity index (χ2v) is 7.48. The van der Waals surface area contributed by atoms with Gasteiger partial charge in [-0.1, -0.05) is 23.7 Å². The number of anilines is 1. The van der Waals surface area contributed by atoms with Gasteiger partial charge in [0.05, 0.1) is 21.4 Å². The maximum atomic E-state index is 6.32. The molecule has 1 aliphatic rings. The number of rotatable bonds is 4. The third-order valence-electron chi connectivity index (χ3n) is 4.31. The third kappa shape index (κ3) is 4.64. The number of guanidine groups is 1. The zero-order valence-electron chi connectivity index (χ0n) is 14.7. The summed E-state index contributed by atoms with van der Waals surface area (Å²) < 4.78 is 0. The number of para-hydroxylation sites is 1. The summed E-state index contributed by atoms with van der Waals surface area (Å²) in [5, 5.41) is 7.52. The molecule has 0 unspecified atom stereocenters. The van der Waals surface area contributed by atoms with Crippen LogP contribution in [0.1, 0.15) is 10.7 Å². The minimum absolute atomic E-state index is 0.817. The fourth-order valence-corrected chi connectivity index (χ4v) is 3.93. The highest BCUT2D eigenvalue weighted by Crippen LogP contribution is 2.25. The normalized spacial score (nSPS) is 15.6. The number of aromatic nitrogens is 1. The zero-order valence-corrected chi connectivity index (χ0v) is 16.3. The van der Waals surface area contributed by atoms with E-state index >= 15 is 0 Å². The summed E-state index contributed by atoms with van der Waals surface area (Å²) in [4.78, 5) is 13.6. The van der Waals surface area contributed by atoms with E-state index in [1.807, 2.05) is 32.2 Å². The summed E-state index contributed by atoms with van der Waals surface area (Å²) in [6.07, 6.45) is 0.920. The monoisotopic (exact) mass is 377 g/mol. The van der Waals surface area contributed by atoms with Gasteiger partial charge in [-0.3, -0.25) is 4.99 Å². The van der Waals surface area contributed by atoms with E-state index in [0.717, 1.165) is 66.5 Å². The quantitative estimate of drug-likeness (QED) is 0.657. The van der Waals surface area contributed by atoms with Crippen molar-refractivity contribution in [2.24, 2.45) is 4.99 Å². The summed E-state index contributed by atoms with van der Waals surface area (Å²) in [5.41, 5.74) is 2.26. The number of hydrogen-bond acceptors (Lipinski definition) is 4. The van der Waals surface area contributed by atoms with Gasteiger partial charge in [0.15, 0.2) is 5.96 Å². The lowest BCUT2D eigenvalue weighted by molar-refractivity contribution is 0.373. The standard InChI is InChI=1S/C18H24ClN5S/c1-14-22-15(13-25-14)7-8-21-18(20-2)24-11-9-23(10-12-24)17-6-4-3-5-16(17)19/h3-6,13H,7-12H2,1-2H3,(H,20,21). The van der Waals surface area contributed by atoms with Crippen LogP contribution in [-0.2, 0) is 6.42 Å². The van der Waals surface area contributed by atoms with Gasteiger partial charge in [-0.25, -0.2) is 4.98 Å². The Balaban J connectivity index is 1.49. The van der Waals surface area contributed by atoms with E-state index in [1.54, 1.807) is 11.3 Å². The summed E-state index contributed by atoms with van der Waals surface area (Å²) in [6.45, 7) is 6.63. The lowest BCUT2D eigenvalue weighted by atomic mass is 10.2. The highest BCUT2D eigenvalue weighted by Gasteiger charge is 2.20. The number of thiazole rings is 1. The number of aliphatic imine (C=N–C) groups is 1. The van der Waals surface area contributed by atoms with Crippen molar-refractivity contribution in [3.63, 3.8) is 0 Å². The van der Waals surface area contributed by atoms with Crippen molar-refractivity contribution in [2.45, 2.75) is 13.3 Å². The molecule has 25 heavy (non-hydrogen) atoms. The Bertz CT molecular complexity index is 722. The van der Waals surface area contributed by atoms with Gasteiger partial charge < -0.3 is 15.1 Å². The number of nitrogens with one attached hydrogen (secondary N) is 1. The average Bonchev–Trinajstić information content (AvgIpc) is 3.05. The molecule has 0 saturated carbocycles. The Kier molecular flexibility index (Phi) is 6.15. The van der Waals surface area contributed by atoms with Crippen molar-refractivity contribution in [1.29, 1.82) is 0 Å². The van der Waals surface area contributed by atoms with Crippen LogP contribution < -0.4 is 10.2 Å². The van der Waals surface area contributed by atoms with E-state index in [2.05, 4.69) is 36.5 Å². The van der Waals surface area contributed by atoms with Crippen LogP contribution in [0.4, 0.5) is 5.69 Å². The number of aryl methyl sites for hydroxylation is 1. The molecule has 1 aromatic heterocycles. The van der Waals surface area contributed by atoms with Crippen LogP contribution in [0.3, 0.4) is 0 Å². The number of halogens is 1. The Hall–Kier alpha value is -1.79. The third-order valence-corrected chi connectivity index (χ3v) is 5.46. The predicted octanol–water partition coefficient (Wildman–Crippen LogP) is 3.05. The molecular formula is C18H24ClN5S. The van der Waals surface area contributed by atoms with Gasteiger partial charge in [-0.05, 0) is 19.1 Å². The molecule has 0 aliphatic carbocycles. The van der Waals surface area contributed by atoms with Gasteiger partial charge in [0.25, 0.3) is 0 Å². The van der Waals surface area contributed by atoms with Crippen molar-refractivity contribution in [3.8, 4) is 0 Å². The van der Waals surface area contributed by atoms with E-state index < -0.39 is 0 Å². The summed E-state index contributed by atoms with van der Waals surface area (Å²) in [5.74, 6) is 0.964. The molecule has 0 radical (unpaired) electrons. The van der Waals surface area contributed by atoms with E-state index in [9.17, 15) is 0 Å². The first kappa shape index (κ1) is 18.0. The summed E-state index contributed by atoms with van der Waals surface area (Å²) >= 11 is 8.02. The summed E-state index contributed by atoms with van der Waals surface area (Å²) in [7, 11) is 1.84. The van der Waals surface area contributed by atoms with Gasteiger partial charge in [0.1, 0.15) is 0 Å². The van der Waals surface area contributed by atoms with Gasteiger partial charge in [-0.2, -0.15) is 0 Å². The highest BCUT2D eigenvalue weighted by atomic mass is 35.5. The van der Waals surface area contributed by atoms with E-state index in [4.69, 9.17) is 11.6 Å². The van der Waals surface area contributed by atoms with Crippen LogP contribution >= 0.6 is 22.9 Å². The molecule has 0 atom stereocenters. The molecule has 1 aromatic carbocycles. The molecule has 1 saturated heterocycles. The molecule has 0 spiro atoms. The lowest BCUT2D eigenvalue weighted by Crippen LogP contribution is -2.52. The molecule has 3 rings (SSSR count). The second kappa shape index (κ2) is 8.54. The lowest BCUT2D eigenvalue weighted by Gasteiger charge is -2.38. The van der Waals surface area contributed by atoms with Gasteiger partial charge in [0, 0.05) is 51.6 Å². The number of benzene rings is 1. The molecule has 134 valence electrons. The minimum Gasteiger partial charge on any atom is -0.367 e. The first-order chi connectivity index (χ1) is 12.2. The molecular weight excluding hydrogens is 354 g/mol. The van der Waals surface area contributed by atoms with E-state index in [1.165, 1.54) is 0 Å². The topological polar surface area (TPSA) is 43.8 Å². The fourth-order valence-electron chi connectivity index (χ4n) is 3.03. The molecule has 5 nitrogen and oxygen atoms in total. The van der Waals surface area contributed by atoms with Crippen LogP contribution in [-0.4, -0.2) is 55.6 Å². The Morgan fingerprint density at radius 2 is 2.04 bits per heavy atom. The number of hydrogen-bond donors (Lipinski definition) is 1. The minimum atomic E-state index is 0.817. The van der Waals surface area contributed by atoms with Crippen molar-refractivity contribution in [3.05, 3.63) is 45.4 Å². The fraction of sp³-hybridized carbons (Fsp3) is 0.444. The molecule has 1 fully saturated rings. The number of nitrogens with zero attached hydrogens (tertiary/aromatic N) is 4. The SMILES string of the molecule is CN=C(NCCc1csc(C)n1)N1CCN(c2ccccc2Cl)CC1. The van der Waals surface area contributed by atoms with Crippen molar-refractivity contribution < 1.29 is 0 Å².